The first-order chi connectivity index (χ1) is 11.4. The van der Waals surface area contributed by atoms with Gasteiger partial charge >= 0.3 is 6.18 Å². The van der Waals surface area contributed by atoms with Gasteiger partial charge in [-0.25, -0.2) is 0 Å². The van der Waals surface area contributed by atoms with Crippen molar-refractivity contribution in [2.45, 2.75) is 37.9 Å². The maximum atomic E-state index is 13.1. The molecular formula is C18H21F3N2O. The SMILES string of the molecule is N[C@@H]1CCC(C(=O)N2CC=C(c3ccccc3C(F)(F)F)CC2)C1. The number of benzene rings is 1. The van der Waals surface area contributed by atoms with Crippen LogP contribution in [0.4, 0.5) is 13.2 Å². The van der Waals surface area contributed by atoms with Gasteiger partial charge in [0.1, 0.15) is 0 Å². The Morgan fingerprint density at radius 3 is 2.54 bits per heavy atom. The lowest BCUT2D eigenvalue weighted by Gasteiger charge is -2.29. The molecule has 6 heteroatoms. The Bertz CT molecular complexity index is 654. The Hall–Kier alpha value is -1.82. The van der Waals surface area contributed by atoms with E-state index in [9.17, 15) is 18.0 Å². The van der Waals surface area contributed by atoms with E-state index >= 15 is 0 Å². The predicted octanol–water partition coefficient (Wildman–Crippen LogP) is 3.45. The van der Waals surface area contributed by atoms with Gasteiger partial charge in [0.15, 0.2) is 0 Å². The number of hydrogen-bond acceptors (Lipinski definition) is 2. The number of rotatable bonds is 2. The molecular weight excluding hydrogens is 317 g/mol. The number of nitrogens with two attached hydrogens (primary N) is 1. The van der Waals surface area contributed by atoms with Crippen LogP contribution in [-0.4, -0.2) is 29.9 Å². The Morgan fingerprint density at radius 2 is 1.96 bits per heavy atom. The van der Waals surface area contributed by atoms with Gasteiger partial charge in [-0.05, 0) is 42.9 Å². The fraction of sp³-hybridized carbons (Fsp3) is 0.500. The van der Waals surface area contributed by atoms with Crippen LogP contribution in [0.3, 0.4) is 0 Å². The molecule has 3 rings (SSSR count). The van der Waals surface area contributed by atoms with Gasteiger partial charge in [-0.3, -0.25) is 4.79 Å². The molecule has 3 nitrogen and oxygen atoms in total. The molecule has 0 saturated heterocycles. The Labute approximate surface area is 139 Å². The molecule has 2 atom stereocenters. The first kappa shape index (κ1) is 17.0. The first-order valence-electron chi connectivity index (χ1n) is 8.26. The number of amides is 1. The molecule has 1 fully saturated rings. The summed E-state index contributed by atoms with van der Waals surface area (Å²) in [7, 11) is 0. The van der Waals surface area contributed by atoms with Crippen molar-refractivity contribution in [2.24, 2.45) is 11.7 Å². The van der Waals surface area contributed by atoms with Crippen LogP contribution in [-0.2, 0) is 11.0 Å². The summed E-state index contributed by atoms with van der Waals surface area (Å²) >= 11 is 0. The lowest BCUT2D eigenvalue weighted by Crippen LogP contribution is -2.38. The third-order valence-electron chi connectivity index (χ3n) is 4.92. The third-order valence-corrected chi connectivity index (χ3v) is 4.92. The zero-order chi connectivity index (χ0) is 17.3. The maximum Gasteiger partial charge on any atom is 0.416 e. The summed E-state index contributed by atoms with van der Waals surface area (Å²) in [6.45, 7) is 0.828. The van der Waals surface area contributed by atoms with Gasteiger partial charge in [0, 0.05) is 25.0 Å². The van der Waals surface area contributed by atoms with E-state index in [0.29, 0.717) is 31.5 Å². The molecule has 1 heterocycles. The standard InChI is InChI=1S/C18H21F3N2O/c19-18(20,21)16-4-2-1-3-15(16)12-7-9-23(10-8-12)17(24)13-5-6-14(22)11-13/h1-4,7,13-14H,5-6,8-11,22H2/t13?,14-/m1/s1. The zero-order valence-corrected chi connectivity index (χ0v) is 13.4. The molecule has 1 aliphatic heterocycles. The van der Waals surface area contributed by atoms with Crippen LogP contribution in [0, 0.1) is 5.92 Å². The first-order valence-corrected chi connectivity index (χ1v) is 8.26. The highest BCUT2D eigenvalue weighted by Crippen LogP contribution is 2.37. The van der Waals surface area contributed by atoms with Gasteiger partial charge in [-0.1, -0.05) is 24.3 Å². The number of halogens is 3. The number of alkyl halides is 3. The van der Waals surface area contributed by atoms with Crippen molar-refractivity contribution in [1.82, 2.24) is 4.90 Å². The van der Waals surface area contributed by atoms with Gasteiger partial charge in [0.05, 0.1) is 5.56 Å². The number of carbonyl (C=O) groups excluding carboxylic acids is 1. The minimum absolute atomic E-state index is 0.0302. The highest BCUT2D eigenvalue weighted by molar-refractivity contribution is 5.81. The van der Waals surface area contributed by atoms with Crippen LogP contribution in [0.25, 0.3) is 5.57 Å². The molecule has 1 aromatic rings. The van der Waals surface area contributed by atoms with E-state index in [1.54, 1.807) is 17.0 Å². The molecule has 130 valence electrons. The second-order valence-electron chi connectivity index (χ2n) is 6.58. The second kappa shape index (κ2) is 6.59. The largest absolute Gasteiger partial charge is 0.416 e. The van der Waals surface area contributed by atoms with Gasteiger partial charge in [0.25, 0.3) is 0 Å². The van der Waals surface area contributed by atoms with Gasteiger partial charge in [-0.2, -0.15) is 13.2 Å². The van der Waals surface area contributed by atoms with Crippen molar-refractivity contribution < 1.29 is 18.0 Å². The monoisotopic (exact) mass is 338 g/mol. The fourth-order valence-electron chi connectivity index (χ4n) is 3.62. The second-order valence-corrected chi connectivity index (χ2v) is 6.58. The van der Waals surface area contributed by atoms with Crippen LogP contribution in [0.5, 0.6) is 0 Å². The number of hydrogen-bond donors (Lipinski definition) is 1. The Kier molecular flexibility index (Phi) is 4.67. The molecule has 1 aromatic carbocycles. The predicted molar refractivity (Wildman–Crippen MR) is 85.9 cm³/mol. The molecule has 24 heavy (non-hydrogen) atoms. The highest BCUT2D eigenvalue weighted by Gasteiger charge is 2.35. The van der Waals surface area contributed by atoms with E-state index in [1.165, 1.54) is 12.1 Å². The van der Waals surface area contributed by atoms with E-state index in [-0.39, 0.29) is 23.4 Å². The molecule has 1 saturated carbocycles. The summed E-state index contributed by atoms with van der Waals surface area (Å²) in [6.07, 6.45) is 0.208. The third kappa shape index (κ3) is 3.48. The van der Waals surface area contributed by atoms with E-state index < -0.39 is 11.7 Å². The van der Waals surface area contributed by atoms with Crippen LogP contribution in [0.2, 0.25) is 0 Å². The Balaban J connectivity index is 1.73. The minimum Gasteiger partial charge on any atom is -0.338 e. The van der Waals surface area contributed by atoms with Crippen LogP contribution in [0.15, 0.2) is 30.3 Å². The van der Waals surface area contributed by atoms with Crippen molar-refractivity contribution in [3.8, 4) is 0 Å². The normalized spacial score (nSPS) is 24.8. The average molecular weight is 338 g/mol. The summed E-state index contributed by atoms with van der Waals surface area (Å²) in [6, 6.07) is 5.71. The van der Waals surface area contributed by atoms with Crippen LogP contribution in [0.1, 0.15) is 36.8 Å². The van der Waals surface area contributed by atoms with E-state index in [0.717, 1.165) is 18.9 Å². The van der Waals surface area contributed by atoms with Crippen LogP contribution >= 0.6 is 0 Å². The van der Waals surface area contributed by atoms with Crippen molar-refractivity contribution >= 4 is 11.5 Å². The fourth-order valence-corrected chi connectivity index (χ4v) is 3.62. The summed E-state index contributed by atoms with van der Waals surface area (Å²) in [4.78, 5) is 14.2. The molecule has 0 bridgehead atoms. The van der Waals surface area contributed by atoms with Crippen molar-refractivity contribution in [2.75, 3.05) is 13.1 Å². The van der Waals surface area contributed by atoms with Gasteiger partial charge in [0.2, 0.25) is 5.91 Å². The van der Waals surface area contributed by atoms with Crippen molar-refractivity contribution in [3.63, 3.8) is 0 Å². The minimum atomic E-state index is -4.37. The summed E-state index contributed by atoms with van der Waals surface area (Å²) in [5, 5.41) is 0. The molecule has 1 unspecified atom stereocenters. The van der Waals surface area contributed by atoms with E-state index in [1.807, 2.05) is 0 Å². The molecule has 0 aromatic heterocycles. The zero-order valence-electron chi connectivity index (χ0n) is 13.4. The van der Waals surface area contributed by atoms with Gasteiger partial charge in [-0.15, -0.1) is 0 Å². The highest BCUT2D eigenvalue weighted by atomic mass is 19.4. The quantitative estimate of drug-likeness (QED) is 0.898. The van der Waals surface area contributed by atoms with Crippen molar-refractivity contribution in [3.05, 3.63) is 41.5 Å². The molecule has 2 N–H and O–H groups in total. The lowest BCUT2D eigenvalue weighted by atomic mass is 9.94. The summed E-state index contributed by atoms with van der Waals surface area (Å²) < 4.78 is 39.4. The summed E-state index contributed by atoms with van der Waals surface area (Å²) in [5.41, 5.74) is 6.13. The topological polar surface area (TPSA) is 46.3 Å². The molecule has 1 aliphatic carbocycles. The summed E-state index contributed by atoms with van der Waals surface area (Å²) in [5.74, 6) is 0.0553. The molecule has 0 radical (unpaired) electrons. The Morgan fingerprint density at radius 1 is 1.21 bits per heavy atom. The van der Waals surface area contributed by atoms with Gasteiger partial charge < -0.3 is 10.6 Å². The molecule has 2 aliphatic rings. The average Bonchev–Trinajstić information content (AvgIpc) is 3.00. The van der Waals surface area contributed by atoms with E-state index in [4.69, 9.17) is 5.73 Å². The molecule has 1 amide bonds. The number of carbonyl (C=O) groups is 1. The number of nitrogens with zero attached hydrogens (tertiary/aromatic N) is 1. The van der Waals surface area contributed by atoms with Crippen molar-refractivity contribution in [1.29, 1.82) is 0 Å². The lowest BCUT2D eigenvalue weighted by molar-refractivity contribution is -0.138. The smallest absolute Gasteiger partial charge is 0.338 e. The molecule has 0 spiro atoms. The maximum absolute atomic E-state index is 13.1. The van der Waals surface area contributed by atoms with E-state index in [2.05, 4.69) is 0 Å². The van der Waals surface area contributed by atoms with Crippen LogP contribution < -0.4 is 5.73 Å².